The Kier molecular flexibility index (Phi) is 7.57. The largest absolute Gasteiger partial charge is 0.481 e. The first-order chi connectivity index (χ1) is 14.6. The summed E-state index contributed by atoms with van der Waals surface area (Å²) >= 11 is 0. The van der Waals surface area contributed by atoms with E-state index < -0.39 is 11.4 Å². The summed E-state index contributed by atoms with van der Waals surface area (Å²) in [7, 11) is 0. The lowest BCUT2D eigenvalue weighted by Gasteiger charge is -2.42. The molecule has 0 saturated carbocycles. The smallest absolute Gasteiger partial charge is 0.303 e. The number of piperazine rings is 1. The minimum atomic E-state index is -0.751. The molecule has 2 aliphatic rings. The molecular formula is C24H36FN3O3. The first kappa shape index (κ1) is 23.5. The van der Waals surface area contributed by atoms with Crippen LogP contribution in [0, 0.1) is 23.1 Å². The van der Waals surface area contributed by atoms with Crippen molar-refractivity contribution in [3.8, 4) is 0 Å². The molecule has 2 saturated heterocycles. The average molecular weight is 434 g/mol. The molecule has 0 radical (unpaired) electrons. The molecule has 1 N–H and O–H groups in total. The van der Waals surface area contributed by atoms with Crippen LogP contribution in [-0.4, -0.2) is 72.6 Å². The van der Waals surface area contributed by atoms with Gasteiger partial charge in [-0.25, -0.2) is 4.39 Å². The zero-order chi connectivity index (χ0) is 22.6. The zero-order valence-corrected chi connectivity index (χ0v) is 19.0. The second-order valence-electron chi connectivity index (χ2n) is 10.0. The van der Waals surface area contributed by atoms with E-state index in [1.54, 1.807) is 0 Å². The number of rotatable bonds is 6. The second-order valence-corrected chi connectivity index (χ2v) is 10.0. The van der Waals surface area contributed by atoms with Crippen LogP contribution >= 0.6 is 0 Å². The van der Waals surface area contributed by atoms with Crippen LogP contribution in [0.5, 0.6) is 0 Å². The topological polar surface area (TPSA) is 64.1 Å². The van der Waals surface area contributed by atoms with Crippen LogP contribution < -0.4 is 4.90 Å². The number of amides is 1. The predicted octanol–water partition coefficient (Wildman–Crippen LogP) is 3.32. The van der Waals surface area contributed by atoms with Crippen molar-refractivity contribution in [1.82, 2.24) is 9.80 Å². The number of anilines is 1. The summed E-state index contributed by atoms with van der Waals surface area (Å²) in [6.07, 6.45) is 1.85. The summed E-state index contributed by atoms with van der Waals surface area (Å²) < 4.78 is 13.2. The molecule has 2 heterocycles. The molecule has 2 unspecified atom stereocenters. The summed E-state index contributed by atoms with van der Waals surface area (Å²) in [5.74, 6) is -0.476. The van der Waals surface area contributed by atoms with Crippen LogP contribution in [0.4, 0.5) is 10.1 Å². The highest BCUT2D eigenvalue weighted by molar-refractivity contribution is 5.81. The molecule has 31 heavy (non-hydrogen) atoms. The van der Waals surface area contributed by atoms with E-state index in [2.05, 4.69) is 9.80 Å². The quantitative estimate of drug-likeness (QED) is 0.746. The number of carboxylic acids is 1. The molecule has 1 aromatic carbocycles. The fourth-order valence-electron chi connectivity index (χ4n) is 4.79. The van der Waals surface area contributed by atoms with Gasteiger partial charge in [0, 0.05) is 56.8 Å². The summed E-state index contributed by atoms with van der Waals surface area (Å²) in [6, 6.07) is 6.64. The number of hydrogen-bond donors (Lipinski definition) is 1. The van der Waals surface area contributed by atoms with Crippen molar-refractivity contribution >= 4 is 17.6 Å². The Morgan fingerprint density at radius 1 is 1.03 bits per heavy atom. The SMILES string of the molecule is CC(C)(C)C(=O)N1CCC(CC(=O)O)C(CCN2CCN(c3ccc(F)cc3)CC2)C1. The number of carbonyl (C=O) groups excluding carboxylic acids is 1. The van der Waals surface area contributed by atoms with Crippen molar-refractivity contribution in [2.75, 3.05) is 50.7 Å². The average Bonchev–Trinajstić information content (AvgIpc) is 2.72. The molecule has 0 bridgehead atoms. The number of halogens is 1. The van der Waals surface area contributed by atoms with Crippen LogP contribution in [0.25, 0.3) is 0 Å². The van der Waals surface area contributed by atoms with Gasteiger partial charge in [0.05, 0.1) is 0 Å². The lowest BCUT2D eigenvalue weighted by atomic mass is 9.80. The Hall–Kier alpha value is -2.15. The van der Waals surface area contributed by atoms with Crippen LogP contribution in [0.2, 0.25) is 0 Å². The number of likely N-dealkylation sites (tertiary alicyclic amines) is 1. The van der Waals surface area contributed by atoms with E-state index in [1.807, 2.05) is 37.8 Å². The molecule has 0 spiro atoms. The predicted molar refractivity (Wildman–Crippen MR) is 120 cm³/mol. The monoisotopic (exact) mass is 433 g/mol. The highest BCUT2D eigenvalue weighted by atomic mass is 19.1. The van der Waals surface area contributed by atoms with Crippen LogP contribution in [0.3, 0.4) is 0 Å². The molecule has 1 amide bonds. The molecule has 0 aromatic heterocycles. The van der Waals surface area contributed by atoms with Crippen LogP contribution in [0.1, 0.15) is 40.0 Å². The Morgan fingerprint density at radius 3 is 2.26 bits per heavy atom. The van der Waals surface area contributed by atoms with Crippen molar-refractivity contribution in [3.63, 3.8) is 0 Å². The first-order valence-corrected chi connectivity index (χ1v) is 11.4. The van der Waals surface area contributed by atoms with E-state index in [1.165, 1.54) is 12.1 Å². The van der Waals surface area contributed by atoms with E-state index in [0.29, 0.717) is 13.1 Å². The Morgan fingerprint density at radius 2 is 1.68 bits per heavy atom. The van der Waals surface area contributed by atoms with E-state index >= 15 is 0 Å². The highest BCUT2D eigenvalue weighted by Gasteiger charge is 2.36. The van der Waals surface area contributed by atoms with Crippen LogP contribution in [0.15, 0.2) is 24.3 Å². The maximum Gasteiger partial charge on any atom is 0.303 e. The summed E-state index contributed by atoms with van der Waals surface area (Å²) in [5, 5.41) is 9.34. The number of benzene rings is 1. The number of carbonyl (C=O) groups is 2. The number of carboxylic acid groups (broad SMARTS) is 1. The molecule has 2 fully saturated rings. The van der Waals surface area contributed by atoms with Crippen molar-refractivity contribution in [1.29, 1.82) is 0 Å². The lowest BCUT2D eigenvalue weighted by Crippen LogP contribution is -2.50. The minimum absolute atomic E-state index is 0.127. The third-order valence-electron chi connectivity index (χ3n) is 6.64. The molecule has 2 aliphatic heterocycles. The van der Waals surface area contributed by atoms with Gasteiger partial charge in [-0.2, -0.15) is 0 Å². The molecule has 7 heteroatoms. The Balaban J connectivity index is 1.54. The maximum absolute atomic E-state index is 13.2. The summed E-state index contributed by atoms with van der Waals surface area (Å²) in [5.41, 5.74) is 0.632. The molecule has 0 aliphatic carbocycles. The van der Waals surface area contributed by atoms with Gasteiger partial charge in [-0.3, -0.25) is 14.5 Å². The van der Waals surface area contributed by atoms with Crippen molar-refractivity contribution in [2.24, 2.45) is 17.3 Å². The molecule has 6 nitrogen and oxygen atoms in total. The van der Waals surface area contributed by atoms with E-state index in [0.717, 1.165) is 51.3 Å². The van der Waals surface area contributed by atoms with Crippen LogP contribution in [-0.2, 0) is 9.59 Å². The van der Waals surface area contributed by atoms with E-state index in [9.17, 15) is 19.1 Å². The second kappa shape index (κ2) is 9.98. The summed E-state index contributed by atoms with van der Waals surface area (Å²) in [6.45, 7) is 11.7. The molecule has 2 atom stereocenters. The fraction of sp³-hybridized carbons (Fsp3) is 0.667. The van der Waals surface area contributed by atoms with Crippen molar-refractivity contribution < 1.29 is 19.1 Å². The maximum atomic E-state index is 13.2. The van der Waals surface area contributed by atoms with Gasteiger partial charge >= 0.3 is 5.97 Å². The molecular weight excluding hydrogens is 397 g/mol. The third-order valence-corrected chi connectivity index (χ3v) is 6.64. The van der Waals surface area contributed by atoms with Gasteiger partial charge in [-0.05, 0) is 55.5 Å². The standard InChI is InChI=1S/C24H36FN3O3/c1-24(2,3)23(31)28-11-9-18(16-22(29)30)19(17-28)8-10-26-12-14-27(15-13-26)21-6-4-20(25)5-7-21/h4-7,18-19H,8-17H2,1-3H3,(H,29,30). The molecule has 3 rings (SSSR count). The number of nitrogens with zero attached hydrogens (tertiary/aromatic N) is 3. The number of aliphatic carboxylic acids is 1. The normalized spacial score (nSPS) is 23.1. The fourth-order valence-corrected chi connectivity index (χ4v) is 4.79. The van der Waals surface area contributed by atoms with Gasteiger partial charge in [0.15, 0.2) is 0 Å². The van der Waals surface area contributed by atoms with E-state index in [-0.39, 0.29) is 30.0 Å². The molecule has 172 valence electrons. The van der Waals surface area contributed by atoms with Crippen molar-refractivity contribution in [2.45, 2.75) is 40.0 Å². The number of hydrogen-bond acceptors (Lipinski definition) is 4. The van der Waals surface area contributed by atoms with Crippen molar-refractivity contribution in [3.05, 3.63) is 30.1 Å². The first-order valence-electron chi connectivity index (χ1n) is 11.4. The van der Waals surface area contributed by atoms with Gasteiger partial charge in [0.1, 0.15) is 5.82 Å². The zero-order valence-electron chi connectivity index (χ0n) is 19.0. The van der Waals surface area contributed by atoms with Gasteiger partial charge in [-0.1, -0.05) is 20.8 Å². The van der Waals surface area contributed by atoms with Gasteiger partial charge in [0.25, 0.3) is 0 Å². The number of piperidine rings is 1. The highest BCUT2D eigenvalue weighted by Crippen LogP contribution is 2.32. The lowest BCUT2D eigenvalue weighted by molar-refractivity contribution is -0.143. The van der Waals surface area contributed by atoms with Gasteiger partial charge in [-0.15, -0.1) is 0 Å². The molecule has 1 aromatic rings. The van der Waals surface area contributed by atoms with Gasteiger partial charge in [0.2, 0.25) is 5.91 Å². The third kappa shape index (κ3) is 6.42. The summed E-state index contributed by atoms with van der Waals surface area (Å²) in [4.78, 5) is 30.8. The van der Waals surface area contributed by atoms with Gasteiger partial charge < -0.3 is 14.9 Å². The Bertz CT molecular complexity index is 754. The van der Waals surface area contributed by atoms with E-state index in [4.69, 9.17) is 0 Å². The minimum Gasteiger partial charge on any atom is -0.481 e. The Labute approximate surface area is 185 Å².